The van der Waals surface area contributed by atoms with Crippen LogP contribution in [0.3, 0.4) is 0 Å². The van der Waals surface area contributed by atoms with Gasteiger partial charge in [0.15, 0.2) is 5.75 Å². The number of aryl methyl sites for hydroxylation is 1. The third kappa shape index (κ3) is 6.01. The number of anilines is 1. The molecule has 0 aromatic heterocycles. The van der Waals surface area contributed by atoms with E-state index in [1.807, 2.05) is 55.5 Å². The molecule has 0 spiro atoms. The lowest BCUT2D eigenvalue weighted by molar-refractivity contribution is 0.0733. The molecule has 5 nitrogen and oxygen atoms in total. The van der Waals surface area contributed by atoms with Crippen molar-refractivity contribution in [1.29, 1.82) is 0 Å². The van der Waals surface area contributed by atoms with Gasteiger partial charge in [-0.25, -0.2) is 9.59 Å². The maximum atomic E-state index is 13.1. The van der Waals surface area contributed by atoms with Crippen LogP contribution in [0.2, 0.25) is 0 Å². The highest BCUT2D eigenvalue weighted by Gasteiger charge is 2.27. The van der Waals surface area contributed by atoms with Gasteiger partial charge in [-0.05, 0) is 54.2 Å². The van der Waals surface area contributed by atoms with Crippen LogP contribution < -0.4 is 9.64 Å². The Morgan fingerprint density at radius 3 is 2.09 bits per heavy atom. The quantitative estimate of drug-likeness (QED) is 0.314. The van der Waals surface area contributed by atoms with Crippen LogP contribution in [0.15, 0.2) is 72.8 Å². The van der Waals surface area contributed by atoms with Crippen molar-refractivity contribution in [3.8, 4) is 5.75 Å². The zero-order chi connectivity index (χ0) is 24.0. The lowest BCUT2D eigenvalue weighted by Gasteiger charge is -2.28. The van der Waals surface area contributed by atoms with E-state index in [0.717, 1.165) is 16.7 Å². The summed E-state index contributed by atoms with van der Waals surface area (Å²) < 4.78 is 11.3. The Hall–Kier alpha value is -3.60. The average Bonchev–Trinajstić information content (AvgIpc) is 2.79. The number of nitrogens with zero attached hydrogens (tertiary/aromatic N) is 1. The van der Waals surface area contributed by atoms with E-state index in [1.54, 1.807) is 31.2 Å². The van der Waals surface area contributed by atoms with Gasteiger partial charge in [-0.3, -0.25) is 4.90 Å². The summed E-state index contributed by atoms with van der Waals surface area (Å²) in [6.45, 7) is 10.5. The highest BCUT2D eigenvalue weighted by Crippen LogP contribution is 2.38. The Bertz CT molecular complexity index is 1100. The van der Waals surface area contributed by atoms with Crippen LogP contribution in [0.1, 0.15) is 54.7 Å². The lowest BCUT2D eigenvalue weighted by Crippen LogP contribution is -2.32. The Morgan fingerprint density at radius 2 is 1.52 bits per heavy atom. The van der Waals surface area contributed by atoms with Gasteiger partial charge in [-0.15, -0.1) is 0 Å². The summed E-state index contributed by atoms with van der Waals surface area (Å²) in [6, 6.07) is 22.4. The van der Waals surface area contributed by atoms with E-state index in [1.165, 1.54) is 4.90 Å². The zero-order valence-electron chi connectivity index (χ0n) is 19.9. The second-order valence-corrected chi connectivity index (χ2v) is 8.92. The van der Waals surface area contributed by atoms with Crippen LogP contribution in [0.4, 0.5) is 10.5 Å². The summed E-state index contributed by atoms with van der Waals surface area (Å²) >= 11 is 0. The van der Waals surface area contributed by atoms with Gasteiger partial charge in [0.25, 0.3) is 0 Å². The summed E-state index contributed by atoms with van der Waals surface area (Å²) in [6.07, 6.45) is -0.496. The molecule has 0 aliphatic carbocycles. The standard InChI is InChI=1S/C28H31NO4/c1-6-32-27(31)29(19-21-13-9-7-10-14-21)24-18-23(28(3,4)5)17-20(2)25(24)33-26(30)22-15-11-8-12-16-22/h7-18H,6,19H2,1-5H3. The number of esters is 1. The molecule has 0 aliphatic rings. The fourth-order valence-corrected chi connectivity index (χ4v) is 3.46. The molecule has 0 fully saturated rings. The molecule has 0 saturated carbocycles. The number of amides is 1. The molecule has 172 valence electrons. The fraction of sp³-hybridized carbons (Fsp3) is 0.286. The molecular formula is C28H31NO4. The summed E-state index contributed by atoms with van der Waals surface area (Å²) in [5.41, 5.74) is 3.50. The molecule has 3 rings (SSSR count). The van der Waals surface area contributed by atoms with Crippen molar-refractivity contribution in [3.63, 3.8) is 0 Å². The molecule has 0 bridgehead atoms. The molecule has 0 aliphatic heterocycles. The predicted molar refractivity (Wildman–Crippen MR) is 131 cm³/mol. The lowest BCUT2D eigenvalue weighted by atomic mass is 9.85. The van der Waals surface area contributed by atoms with E-state index in [-0.39, 0.29) is 18.6 Å². The molecule has 5 heteroatoms. The highest BCUT2D eigenvalue weighted by atomic mass is 16.6. The number of hydrogen-bond acceptors (Lipinski definition) is 4. The van der Waals surface area contributed by atoms with E-state index < -0.39 is 12.1 Å². The van der Waals surface area contributed by atoms with Crippen molar-refractivity contribution in [2.75, 3.05) is 11.5 Å². The SMILES string of the molecule is CCOC(=O)N(Cc1ccccc1)c1cc(C(C)(C)C)cc(C)c1OC(=O)c1ccccc1. The zero-order valence-corrected chi connectivity index (χ0v) is 19.9. The van der Waals surface area contributed by atoms with Gasteiger partial charge in [0.05, 0.1) is 24.4 Å². The molecular weight excluding hydrogens is 414 g/mol. The molecule has 33 heavy (non-hydrogen) atoms. The second-order valence-electron chi connectivity index (χ2n) is 8.92. The van der Waals surface area contributed by atoms with Gasteiger partial charge in [-0.2, -0.15) is 0 Å². The number of ether oxygens (including phenoxy) is 2. The Morgan fingerprint density at radius 1 is 0.909 bits per heavy atom. The van der Waals surface area contributed by atoms with Crippen LogP contribution >= 0.6 is 0 Å². The fourth-order valence-electron chi connectivity index (χ4n) is 3.46. The van der Waals surface area contributed by atoms with E-state index >= 15 is 0 Å². The maximum absolute atomic E-state index is 13.1. The van der Waals surface area contributed by atoms with Gasteiger partial charge in [0, 0.05) is 0 Å². The Labute approximate surface area is 196 Å². The normalized spacial score (nSPS) is 11.1. The molecule has 0 saturated heterocycles. The number of hydrogen-bond donors (Lipinski definition) is 0. The van der Waals surface area contributed by atoms with E-state index in [2.05, 4.69) is 20.8 Å². The van der Waals surface area contributed by atoms with Crippen molar-refractivity contribution in [2.24, 2.45) is 0 Å². The van der Waals surface area contributed by atoms with Crippen molar-refractivity contribution >= 4 is 17.7 Å². The first-order chi connectivity index (χ1) is 15.7. The van der Waals surface area contributed by atoms with Crippen LogP contribution in [-0.4, -0.2) is 18.7 Å². The van der Waals surface area contributed by atoms with Crippen molar-refractivity contribution in [2.45, 2.75) is 46.6 Å². The molecule has 0 radical (unpaired) electrons. The summed E-state index contributed by atoms with van der Waals surface area (Å²) in [4.78, 5) is 27.5. The largest absolute Gasteiger partial charge is 0.449 e. The van der Waals surface area contributed by atoms with E-state index in [9.17, 15) is 9.59 Å². The van der Waals surface area contributed by atoms with Gasteiger partial charge in [0.2, 0.25) is 0 Å². The molecule has 3 aromatic carbocycles. The number of carbonyl (C=O) groups excluding carboxylic acids is 2. The molecule has 3 aromatic rings. The van der Waals surface area contributed by atoms with Crippen molar-refractivity contribution in [3.05, 3.63) is 95.1 Å². The first kappa shape index (κ1) is 24.1. The van der Waals surface area contributed by atoms with Gasteiger partial charge >= 0.3 is 12.1 Å². The average molecular weight is 446 g/mol. The molecule has 0 heterocycles. The summed E-state index contributed by atoms with van der Waals surface area (Å²) in [5, 5.41) is 0. The topological polar surface area (TPSA) is 55.8 Å². The number of carbonyl (C=O) groups is 2. The number of benzene rings is 3. The second kappa shape index (κ2) is 10.3. The van der Waals surface area contributed by atoms with Crippen LogP contribution in [0.5, 0.6) is 5.75 Å². The van der Waals surface area contributed by atoms with E-state index in [4.69, 9.17) is 9.47 Å². The first-order valence-electron chi connectivity index (χ1n) is 11.1. The minimum Gasteiger partial charge on any atom is -0.449 e. The summed E-state index contributed by atoms with van der Waals surface area (Å²) in [7, 11) is 0. The van der Waals surface area contributed by atoms with Crippen molar-refractivity contribution in [1.82, 2.24) is 0 Å². The molecule has 1 amide bonds. The van der Waals surface area contributed by atoms with Crippen molar-refractivity contribution < 1.29 is 19.1 Å². The van der Waals surface area contributed by atoms with Crippen LogP contribution in [-0.2, 0) is 16.7 Å². The van der Waals surface area contributed by atoms with Crippen LogP contribution in [0, 0.1) is 6.92 Å². The van der Waals surface area contributed by atoms with Gasteiger partial charge in [0.1, 0.15) is 0 Å². The van der Waals surface area contributed by atoms with Crippen LogP contribution in [0.25, 0.3) is 0 Å². The Kier molecular flexibility index (Phi) is 7.54. The number of rotatable bonds is 6. The third-order valence-corrected chi connectivity index (χ3v) is 5.29. The third-order valence-electron chi connectivity index (χ3n) is 5.29. The molecule has 0 unspecified atom stereocenters. The molecule has 0 N–H and O–H groups in total. The monoisotopic (exact) mass is 445 g/mol. The highest BCUT2D eigenvalue weighted by molar-refractivity contribution is 5.95. The molecule has 0 atom stereocenters. The van der Waals surface area contributed by atoms with Gasteiger partial charge < -0.3 is 9.47 Å². The smallest absolute Gasteiger partial charge is 0.414 e. The maximum Gasteiger partial charge on any atom is 0.414 e. The predicted octanol–water partition coefficient (Wildman–Crippen LogP) is 6.67. The first-order valence-corrected chi connectivity index (χ1v) is 11.1. The Balaban J connectivity index is 2.13. The minimum atomic E-state index is -0.496. The minimum absolute atomic E-state index is 0.172. The van der Waals surface area contributed by atoms with E-state index in [0.29, 0.717) is 17.0 Å². The summed E-state index contributed by atoms with van der Waals surface area (Å²) in [5.74, 6) is -0.132. The van der Waals surface area contributed by atoms with Gasteiger partial charge in [-0.1, -0.05) is 75.4 Å².